The number of thiophene rings is 1. The first-order valence-electron chi connectivity index (χ1n) is 7.94. The number of nitrogens with zero attached hydrogens (tertiary/aromatic N) is 2. The van der Waals surface area contributed by atoms with Crippen molar-refractivity contribution in [3.8, 4) is 0 Å². The highest BCUT2D eigenvalue weighted by Crippen LogP contribution is 2.44. The zero-order valence-corrected chi connectivity index (χ0v) is 13.2. The standard InChI is InChI=1S/C16H25N3S/c1-18-13-2-3-14(18)9-16(8-13,11-17)19-6-4-15-12(10-19)5-7-20-15/h5,7,13-14H,2-4,6,8-11,17H2,1H3. The Labute approximate surface area is 125 Å². The minimum absolute atomic E-state index is 0.262. The third-order valence-corrected chi connectivity index (χ3v) is 7.10. The number of hydrogen-bond donors (Lipinski definition) is 1. The lowest BCUT2D eigenvalue weighted by atomic mass is 9.80. The van der Waals surface area contributed by atoms with Gasteiger partial charge in [-0.15, -0.1) is 11.3 Å². The number of piperidine rings is 1. The van der Waals surface area contributed by atoms with Gasteiger partial charge in [0.1, 0.15) is 0 Å². The van der Waals surface area contributed by atoms with E-state index >= 15 is 0 Å². The van der Waals surface area contributed by atoms with E-state index in [0.717, 1.165) is 25.2 Å². The van der Waals surface area contributed by atoms with Gasteiger partial charge in [-0.2, -0.15) is 0 Å². The second-order valence-corrected chi connectivity index (χ2v) is 7.93. The molecular weight excluding hydrogens is 266 g/mol. The summed E-state index contributed by atoms with van der Waals surface area (Å²) in [5.41, 5.74) is 8.12. The molecule has 0 aliphatic carbocycles. The Morgan fingerprint density at radius 2 is 2.10 bits per heavy atom. The fourth-order valence-electron chi connectivity index (χ4n) is 4.75. The van der Waals surface area contributed by atoms with Crippen molar-refractivity contribution >= 4 is 11.3 Å². The molecule has 0 aromatic carbocycles. The van der Waals surface area contributed by atoms with Gasteiger partial charge in [-0.3, -0.25) is 4.90 Å². The van der Waals surface area contributed by atoms with Gasteiger partial charge in [-0.1, -0.05) is 0 Å². The van der Waals surface area contributed by atoms with E-state index in [-0.39, 0.29) is 5.54 Å². The molecule has 2 saturated heterocycles. The molecule has 1 aromatic heterocycles. The van der Waals surface area contributed by atoms with Gasteiger partial charge in [0.05, 0.1) is 0 Å². The van der Waals surface area contributed by atoms with E-state index in [0.29, 0.717) is 0 Å². The van der Waals surface area contributed by atoms with Crippen LogP contribution in [-0.4, -0.2) is 47.6 Å². The monoisotopic (exact) mass is 291 g/mol. The van der Waals surface area contributed by atoms with E-state index < -0.39 is 0 Å². The summed E-state index contributed by atoms with van der Waals surface area (Å²) in [6.07, 6.45) is 6.52. The Bertz CT molecular complexity index is 484. The Morgan fingerprint density at radius 3 is 2.80 bits per heavy atom. The van der Waals surface area contributed by atoms with E-state index in [1.165, 1.54) is 38.6 Å². The normalized spacial score (nSPS) is 38.1. The third kappa shape index (κ3) is 1.89. The van der Waals surface area contributed by atoms with Gasteiger partial charge in [0, 0.05) is 42.1 Å². The molecular formula is C16H25N3S. The van der Waals surface area contributed by atoms with Crippen molar-refractivity contribution in [2.75, 3.05) is 20.1 Å². The van der Waals surface area contributed by atoms with Gasteiger partial charge in [0.2, 0.25) is 0 Å². The molecule has 4 rings (SSSR count). The molecule has 0 saturated carbocycles. The first-order valence-corrected chi connectivity index (χ1v) is 8.82. The van der Waals surface area contributed by atoms with Gasteiger partial charge in [0.25, 0.3) is 0 Å². The van der Waals surface area contributed by atoms with Crippen LogP contribution >= 0.6 is 11.3 Å². The molecule has 0 radical (unpaired) electrons. The van der Waals surface area contributed by atoms with Gasteiger partial charge in [0.15, 0.2) is 0 Å². The van der Waals surface area contributed by atoms with Crippen molar-refractivity contribution in [3.05, 3.63) is 21.9 Å². The SMILES string of the molecule is CN1C2CCC1CC(CN)(N1CCc3sccc3C1)C2. The first kappa shape index (κ1) is 13.3. The van der Waals surface area contributed by atoms with Crippen molar-refractivity contribution in [3.63, 3.8) is 0 Å². The van der Waals surface area contributed by atoms with Crippen molar-refractivity contribution in [2.45, 2.75) is 56.3 Å². The predicted octanol–water partition coefficient (Wildman–Crippen LogP) is 2.06. The molecule has 3 aliphatic heterocycles. The molecule has 110 valence electrons. The fourth-order valence-corrected chi connectivity index (χ4v) is 5.64. The van der Waals surface area contributed by atoms with Crippen LogP contribution in [0.3, 0.4) is 0 Å². The molecule has 4 heterocycles. The number of fused-ring (bicyclic) bond motifs is 3. The van der Waals surface area contributed by atoms with E-state index in [1.54, 1.807) is 10.4 Å². The topological polar surface area (TPSA) is 32.5 Å². The van der Waals surface area contributed by atoms with Crippen LogP contribution < -0.4 is 5.73 Å². The van der Waals surface area contributed by atoms with Gasteiger partial charge < -0.3 is 10.6 Å². The molecule has 1 aromatic rings. The minimum Gasteiger partial charge on any atom is -0.329 e. The molecule has 0 spiro atoms. The van der Waals surface area contributed by atoms with Gasteiger partial charge in [-0.25, -0.2) is 0 Å². The zero-order valence-electron chi connectivity index (χ0n) is 12.3. The minimum atomic E-state index is 0.262. The van der Waals surface area contributed by atoms with Crippen LogP contribution in [0.15, 0.2) is 11.4 Å². The summed E-state index contributed by atoms with van der Waals surface area (Å²) in [5, 5.41) is 2.25. The summed E-state index contributed by atoms with van der Waals surface area (Å²) in [6, 6.07) is 3.85. The van der Waals surface area contributed by atoms with Crippen molar-refractivity contribution in [2.24, 2.45) is 5.73 Å². The van der Waals surface area contributed by atoms with Crippen LogP contribution in [0.1, 0.15) is 36.1 Å². The predicted molar refractivity (Wildman–Crippen MR) is 84.0 cm³/mol. The highest BCUT2D eigenvalue weighted by Gasteiger charge is 2.49. The van der Waals surface area contributed by atoms with E-state index in [4.69, 9.17) is 5.73 Å². The van der Waals surface area contributed by atoms with Gasteiger partial charge in [-0.05, 0) is 56.2 Å². The average Bonchev–Trinajstić information content (AvgIpc) is 3.00. The summed E-state index contributed by atoms with van der Waals surface area (Å²) in [5.74, 6) is 0. The third-order valence-electron chi connectivity index (χ3n) is 6.07. The number of hydrogen-bond acceptors (Lipinski definition) is 4. The zero-order chi connectivity index (χ0) is 13.7. The number of rotatable bonds is 2. The maximum absolute atomic E-state index is 6.30. The lowest BCUT2D eigenvalue weighted by Gasteiger charge is -2.52. The van der Waals surface area contributed by atoms with E-state index in [9.17, 15) is 0 Å². The maximum Gasteiger partial charge on any atom is 0.0365 e. The molecule has 3 nitrogen and oxygen atoms in total. The second-order valence-electron chi connectivity index (χ2n) is 6.93. The first-order chi connectivity index (χ1) is 9.72. The van der Waals surface area contributed by atoms with Crippen molar-refractivity contribution < 1.29 is 0 Å². The van der Waals surface area contributed by atoms with Crippen LogP contribution in [0.25, 0.3) is 0 Å². The molecule has 2 atom stereocenters. The van der Waals surface area contributed by atoms with E-state index in [2.05, 4.69) is 28.3 Å². The summed E-state index contributed by atoms with van der Waals surface area (Å²) in [7, 11) is 2.32. The van der Waals surface area contributed by atoms with Crippen LogP contribution in [-0.2, 0) is 13.0 Å². The molecule has 2 bridgehead atoms. The van der Waals surface area contributed by atoms with Crippen molar-refractivity contribution in [1.29, 1.82) is 0 Å². The molecule has 3 aliphatic rings. The number of nitrogens with two attached hydrogens (primary N) is 1. The highest BCUT2D eigenvalue weighted by atomic mass is 32.1. The molecule has 4 heteroatoms. The molecule has 2 unspecified atom stereocenters. The second kappa shape index (κ2) is 4.80. The Kier molecular flexibility index (Phi) is 3.18. The van der Waals surface area contributed by atoms with Crippen LogP contribution in [0.5, 0.6) is 0 Å². The van der Waals surface area contributed by atoms with Crippen LogP contribution in [0.4, 0.5) is 0 Å². The smallest absolute Gasteiger partial charge is 0.0365 e. The van der Waals surface area contributed by atoms with Crippen LogP contribution in [0.2, 0.25) is 0 Å². The van der Waals surface area contributed by atoms with Gasteiger partial charge >= 0.3 is 0 Å². The molecule has 2 N–H and O–H groups in total. The highest BCUT2D eigenvalue weighted by molar-refractivity contribution is 7.10. The summed E-state index contributed by atoms with van der Waals surface area (Å²) < 4.78 is 0. The summed E-state index contributed by atoms with van der Waals surface area (Å²) in [6.45, 7) is 3.15. The molecule has 2 fully saturated rings. The Morgan fingerprint density at radius 1 is 1.35 bits per heavy atom. The molecule has 0 amide bonds. The largest absolute Gasteiger partial charge is 0.329 e. The lowest BCUT2D eigenvalue weighted by Crippen LogP contribution is -2.62. The maximum atomic E-state index is 6.30. The molecule has 20 heavy (non-hydrogen) atoms. The average molecular weight is 291 g/mol. The van der Waals surface area contributed by atoms with Crippen molar-refractivity contribution in [1.82, 2.24) is 9.80 Å². The van der Waals surface area contributed by atoms with E-state index in [1.807, 2.05) is 11.3 Å². The Hall–Kier alpha value is -0.420. The quantitative estimate of drug-likeness (QED) is 0.905. The summed E-state index contributed by atoms with van der Waals surface area (Å²) in [4.78, 5) is 6.94. The Balaban J connectivity index is 1.60. The lowest BCUT2D eigenvalue weighted by molar-refractivity contribution is -0.00687. The summed E-state index contributed by atoms with van der Waals surface area (Å²) >= 11 is 1.93. The van der Waals surface area contributed by atoms with Crippen LogP contribution in [0, 0.1) is 0 Å². The fraction of sp³-hybridized carbons (Fsp3) is 0.750.